The Balaban J connectivity index is 2.28. The van der Waals surface area contributed by atoms with Gasteiger partial charge in [0.15, 0.2) is 0 Å². The summed E-state index contributed by atoms with van der Waals surface area (Å²) in [6, 6.07) is 6.56. The summed E-state index contributed by atoms with van der Waals surface area (Å²) >= 11 is 0. The summed E-state index contributed by atoms with van der Waals surface area (Å²) in [5.41, 5.74) is 0.319. The molecule has 0 aliphatic rings. The van der Waals surface area contributed by atoms with Crippen LogP contribution in [0.25, 0.3) is 0 Å². The third-order valence-corrected chi connectivity index (χ3v) is 3.01. The van der Waals surface area contributed by atoms with Gasteiger partial charge >= 0.3 is 0 Å². The second-order valence-electron chi connectivity index (χ2n) is 4.28. The van der Waals surface area contributed by atoms with Gasteiger partial charge in [-0.25, -0.2) is 4.39 Å². The van der Waals surface area contributed by atoms with Crippen molar-refractivity contribution in [1.29, 1.82) is 0 Å². The van der Waals surface area contributed by atoms with Gasteiger partial charge in [0.05, 0.1) is 11.9 Å². The molecule has 0 aliphatic carbocycles. The van der Waals surface area contributed by atoms with Crippen LogP contribution in [0.1, 0.15) is 24.6 Å². The summed E-state index contributed by atoms with van der Waals surface area (Å²) in [7, 11) is 0. The van der Waals surface area contributed by atoms with E-state index in [-0.39, 0.29) is 0 Å². The Morgan fingerprint density at radius 3 is 2.67 bits per heavy atom. The van der Waals surface area contributed by atoms with Crippen LogP contribution in [-0.4, -0.2) is 15.1 Å². The monoisotopic (exact) mass is 246 g/mol. The summed E-state index contributed by atoms with van der Waals surface area (Å²) < 4.78 is 12.9. The highest BCUT2D eigenvalue weighted by Crippen LogP contribution is 2.27. The van der Waals surface area contributed by atoms with Crippen molar-refractivity contribution in [2.75, 3.05) is 0 Å². The molecule has 18 heavy (non-hydrogen) atoms. The van der Waals surface area contributed by atoms with E-state index in [1.165, 1.54) is 12.1 Å². The normalized spacial score (nSPS) is 14.2. The van der Waals surface area contributed by atoms with Crippen LogP contribution in [0, 0.1) is 5.82 Å². The number of aromatic nitrogens is 2. The lowest BCUT2D eigenvalue weighted by Gasteiger charge is -2.26. The Kier molecular flexibility index (Phi) is 3.67. The number of pyridine rings is 2. The lowest BCUT2D eigenvalue weighted by Crippen LogP contribution is -2.29. The van der Waals surface area contributed by atoms with Crippen LogP contribution in [0.2, 0.25) is 0 Å². The van der Waals surface area contributed by atoms with Crippen molar-refractivity contribution >= 4 is 0 Å². The van der Waals surface area contributed by atoms with Gasteiger partial charge in [0.2, 0.25) is 0 Å². The van der Waals surface area contributed by atoms with Gasteiger partial charge in [-0.15, -0.1) is 0 Å². The predicted octanol–water partition coefficient (Wildman–Crippen LogP) is 2.46. The van der Waals surface area contributed by atoms with Gasteiger partial charge in [-0.2, -0.15) is 0 Å². The SMILES string of the molecule is CCC(O)(Cc1cccnc1)c1ccc(F)cn1. The molecular weight excluding hydrogens is 231 g/mol. The molecule has 0 spiro atoms. The van der Waals surface area contributed by atoms with E-state index >= 15 is 0 Å². The van der Waals surface area contributed by atoms with Gasteiger partial charge in [-0.1, -0.05) is 13.0 Å². The fraction of sp³-hybridized carbons (Fsp3) is 0.286. The molecule has 0 saturated heterocycles. The minimum absolute atomic E-state index is 0.404. The molecule has 2 aromatic heterocycles. The van der Waals surface area contributed by atoms with E-state index in [9.17, 15) is 9.50 Å². The maximum Gasteiger partial charge on any atom is 0.141 e. The van der Waals surface area contributed by atoms with Crippen LogP contribution in [-0.2, 0) is 12.0 Å². The highest BCUT2D eigenvalue weighted by atomic mass is 19.1. The van der Waals surface area contributed by atoms with Gasteiger partial charge in [0.25, 0.3) is 0 Å². The number of halogens is 1. The third kappa shape index (κ3) is 2.71. The lowest BCUT2D eigenvalue weighted by atomic mass is 9.89. The van der Waals surface area contributed by atoms with Gasteiger partial charge in [-0.3, -0.25) is 9.97 Å². The van der Waals surface area contributed by atoms with E-state index in [1.54, 1.807) is 12.4 Å². The first-order chi connectivity index (χ1) is 8.64. The molecule has 0 bridgehead atoms. The molecule has 94 valence electrons. The molecule has 0 fully saturated rings. The summed E-state index contributed by atoms with van der Waals surface area (Å²) in [4.78, 5) is 7.99. The topological polar surface area (TPSA) is 46.0 Å². The van der Waals surface area contributed by atoms with Crippen LogP contribution < -0.4 is 0 Å². The first kappa shape index (κ1) is 12.6. The first-order valence-corrected chi connectivity index (χ1v) is 5.87. The van der Waals surface area contributed by atoms with Gasteiger partial charge in [0, 0.05) is 18.8 Å². The number of nitrogens with zero attached hydrogens (tertiary/aromatic N) is 2. The van der Waals surface area contributed by atoms with E-state index in [4.69, 9.17) is 0 Å². The van der Waals surface area contributed by atoms with E-state index in [1.807, 2.05) is 19.1 Å². The van der Waals surface area contributed by atoms with Crippen molar-refractivity contribution in [3.05, 3.63) is 59.9 Å². The van der Waals surface area contributed by atoms with Gasteiger partial charge < -0.3 is 5.11 Å². The molecule has 3 nitrogen and oxygen atoms in total. The number of hydrogen-bond donors (Lipinski definition) is 1. The summed E-state index contributed by atoms with van der Waals surface area (Å²) in [5.74, 6) is -0.404. The van der Waals surface area contributed by atoms with Crippen LogP contribution >= 0.6 is 0 Å². The lowest BCUT2D eigenvalue weighted by molar-refractivity contribution is 0.0281. The fourth-order valence-electron chi connectivity index (χ4n) is 1.89. The molecule has 2 rings (SSSR count). The molecule has 1 atom stereocenters. The Morgan fingerprint density at radius 1 is 1.28 bits per heavy atom. The summed E-state index contributed by atoms with van der Waals surface area (Å²) in [6.07, 6.45) is 5.44. The molecule has 0 aliphatic heterocycles. The molecule has 0 amide bonds. The van der Waals surface area contributed by atoms with Crippen molar-refractivity contribution < 1.29 is 9.50 Å². The molecule has 1 N–H and O–H groups in total. The highest BCUT2D eigenvalue weighted by molar-refractivity contribution is 5.19. The van der Waals surface area contributed by atoms with Crippen molar-refractivity contribution in [3.63, 3.8) is 0 Å². The Bertz CT molecular complexity index is 501. The average Bonchev–Trinajstić information content (AvgIpc) is 2.40. The van der Waals surface area contributed by atoms with Crippen LogP contribution in [0.5, 0.6) is 0 Å². The second kappa shape index (κ2) is 5.23. The molecule has 2 heterocycles. The maximum atomic E-state index is 12.9. The molecule has 2 aromatic rings. The van der Waals surface area contributed by atoms with Crippen molar-refractivity contribution in [1.82, 2.24) is 9.97 Å². The maximum absolute atomic E-state index is 12.9. The Hall–Kier alpha value is -1.81. The predicted molar refractivity (Wildman–Crippen MR) is 66.3 cm³/mol. The highest BCUT2D eigenvalue weighted by Gasteiger charge is 2.29. The molecule has 4 heteroatoms. The second-order valence-corrected chi connectivity index (χ2v) is 4.28. The van der Waals surface area contributed by atoms with Crippen molar-refractivity contribution in [2.45, 2.75) is 25.4 Å². The zero-order valence-electron chi connectivity index (χ0n) is 10.2. The zero-order valence-corrected chi connectivity index (χ0v) is 10.2. The van der Waals surface area contributed by atoms with Crippen molar-refractivity contribution in [2.24, 2.45) is 0 Å². The fourth-order valence-corrected chi connectivity index (χ4v) is 1.89. The number of rotatable bonds is 4. The van der Waals surface area contributed by atoms with Gasteiger partial charge in [0.1, 0.15) is 11.4 Å². The Morgan fingerprint density at radius 2 is 2.11 bits per heavy atom. The number of aliphatic hydroxyl groups is 1. The average molecular weight is 246 g/mol. The van der Waals surface area contributed by atoms with E-state index < -0.39 is 11.4 Å². The van der Waals surface area contributed by atoms with Crippen LogP contribution in [0.3, 0.4) is 0 Å². The van der Waals surface area contributed by atoms with Crippen molar-refractivity contribution in [3.8, 4) is 0 Å². The first-order valence-electron chi connectivity index (χ1n) is 5.87. The Labute approximate surface area is 105 Å². The molecular formula is C14H15FN2O. The molecule has 1 unspecified atom stereocenters. The molecule has 0 radical (unpaired) electrons. The third-order valence-electron chi connectivity index (χ3n) is 3.01. The zero-order chi connectivity index (χ0) is 13.0. The van der Waals surface area contributed by atoms with Crippen LogP contribution in [0.15, 0.2) is 42.9 Å². The smallest absolute Gasteiger partial charge is 0.141 e. The largest absolute Gasteiger partial charge is 0.383 e. The van der Waals surface area contributed by atoms with Crippen LogP contribution in [0.4, 0.5) is 4.39 Å². The quantitative estimate of drug-likeness (QED) is 0.901. The number of hydrogen-bond acceptors (Lipinski definition) is 3. The minimum Gasteiger partial charge on any atom is -0.383 e. The molecule has 0 aromatic carbocycles. The van der Waals surface area contributed by atoms with E-state index in [0.29, 0.717) is 18.5 Å². The van der Waals surface area contributed by atoms with E-state index in [0.717, 1.165) is 11.8 Å². The summed E-state index contributed by atoms with van der Waals surface area (Å²) in [6.45, 7) is 1.88. The van der Waals surface area contributed by atoms with E-state index in [2.05, 4.69) is 9.97 Å². The molecule has 0 saturated carbocycles. The summed E-state index contributed by atoms with van der Waals surface area (Å²) in [5, 5.41) is 10.6. The minimum atomic E-state index is -1.09. The standard InChI is InChI=1S/C14H15FN2O/c1-2-14(18,8-11-4-3-7-16-9-11)13-6-5-12(15)10-17-13/h3-7,9-10,18H,2,8H2,1H3. The van der Waals surface area contributed by atoms with Gasteiger partial charge in [-0.05, 0) is 30.2 Å².